The lowest BCUT2D eigenvalue weighted by atomic mass is 10.2. The van der Waals surface area contributed by atoms with Crippen LogP contribution in [-0.2, 0) is 6.54 Å². The van der Waals surface area contributed by atoms with Crippen LogP contribution in [0.25, 0.3) is 0 Å². The summed E-state index contributed by atoms with van der Waals surface area (Å²) in [6.45, 7) is 0.495. The lowest BCUT2D eigenvalue weighted by Crippen LogP contribution is -2.17. The second-order valence-electron chi connectivity index (χ2n) is 4.19. The van der Waals surface area contributed by atoms with Crippen LogP contribution in [0.5, 0.6) is 0 Å². The zero-order valence-corrected chi connectivity index (χ0v) is 11.6. The first kappa shape index (κ1) is 12.9. The highest BCUT2D eigenvalue weighted by Crippen LogP contribution is 2.21. The van der Waals surface area contributed by atoms with Crippen molar-refractivity contribution >= 4 is 27.3 Å². The van der Waals surface area contributed by atoms with Crippen LogP contribution in [-0.4, -0.2) is 7.05 Å². The Bertz CT molecular complexity index is 557. The quantitative estimate of drug-likeness (QED) is 0.874. The van der Waals surface area contributed by atoms with Crippen LogP contribution in [0, 0.1) is 5.82 Å². The van der Waals surface area contributed by atoms with Crippen molar-refractivity contribution < 1.29 is 4.39 Å². The van der Waals surface area contributed by atoms with Crippen LogP contribution in [0.4, 0.5) is 15.8 Å². The molecule has 0 heterocycles. The van der Waals surface area contributed by atoms with Gasteiger partial charge in [0.15, 0.2) is 0 Å². The average molecular weight is 309 g/mol. The van der Waals surface area contributed by atoms with Gasteiger partial charge in [0.25, 0.3) is 0 Å². The summed E-state index contributed by atoms with van der Waals surface area (Å²) in [5.41, 5.74) is 8.05. The highest BCUT2D eigenvalue weighted by Gasteiger charge is 2.07. The van der Waals surface area contributed by atoms with E-state index in [0.717, 1.165) is 10.2 Å². The van der Waals surface area contributed by atoms with Crippen LogP contribution in [0.1, 0.15) is 5.56 Å². The van der Waals surface area contributed by atoms with Crippen molar-refractivity contribution in [1.82, 2.24) is 0 Å². The molecule has 2 aromatic rings. The minimum Gasteiger partial charge on any atom is -0.399 e. The van der Waals surface area contributed by atoms with Gasteiger partial charge in [-0.15, -0.1) is 0 Å². The molecule has 4 heteroatoms. The van der Waals surface area contributed by atoms with Gasteiger partial charge in [0.1, 0.15) is 5.82 Å². The third-order valence-electron chi connectivity index (χ3n) is 2.73. The monoisotopic (exact) mass is 308 g/mol. The van der Waals surface area contributed by atoms with E-state index >= 15 is 0 Å². The summed E-state index contributed by atoms with van der Waals surface area (Å²) in [5, 5.41) is 0. The van der Waals surface area contributed by atoms with E-state index in [9.17, 15) is 4.39 Å². The van der Waals surface area contributed by atoms with Crippen molar-refractivity contribution in [3.63, 3.8) is 0 Å². The summed E-state index contributed by atoms with van der Waals surface area (Å²) < 4.78 is 14.5. The predicted octanol–water partition coefficient (Wildman–Crippen LogP) is 3.81. The van der Waals surface area contributed by atoms with E-state index in [1.807, 2.05) is 36.2 Å². The van der Waals surface area contributed by atoms with Gasteiger partial charge in [-0.05, 0) is 36.4 Å². The van der Waals surface area contributed by atoms with E-state index in [0.29, 0.717) is 17.8 Å². The van der Waals surface area contributed by atoms with Crippen LogP contribution in [0.15, 0.2) is 46.9 Å². The Labute approximate surface area is 114 Å². The van der Waals surface area contributed by atoms with Crippen LogP contribution >= 0.6 is 15.9 Å². The van der Waals surface area contributed by atoms with Crippen LogP contribution in [0.3, 0.4) is 0 Å². The number of halogens is 2. The van der Waals surface area contributed by atoms with Gasteiger partial charge in [0.2, 0.25) is 0 Å². The Morgan fingerprint density at radius 3 is 2.72 bits per heavy atom. The molecule has 0 aliphatic heterocycles. The van der Waals surface area contributed by atoms with Crippen molar-refractivity contribution in [2.45, 2.75) is 6.54 Å². The van der Waals surface area contributed by atoms with Gasteiger partial charge in [0, 0.05) is 35.0 Å². The lowest BCUT2D eigenvalue weighted by Gasteiger charge is -2.20. The number of nitrogens with two attached hydrogens (primary N) is 1. The Kier molecular flexibility index (Phi) is 3.87. The average Bonchev–Trinajstić information content (AvgIpc) is 2.34. The molecule has 0 unspecified atom stereocenters. The fourth-order valence-corrected chi connectivity index (χ4v) is 2.18. The molecule has 0 aliphatic rings. The molecule has 0 amide bonds. The standard InChI is InChI=1S/C14H14BrFN2/c1-18(13-4-2-3-12(17)8-13)9-10-7-11(15)5-6-14(10)16/h2-8H,9,17H2,1H3. The molecule has 2 N–H and O–H groups in total. The molecule has 0 aliphatic carbocycles. The summed E-state index contributed by atoms with van der Waals surface area (Å²) in [6.07, 6.45) is 0. The highest BCUT2D eigenvalue weighted by atomic mass is 79.9. The van der Waals surface area contributed by atoms with Gasteiger partial charge >= 0.3 is 0 Å². The summed E-state index contributed by atoms with van der Waals surface area (Å²) in [5.74, 6) is -0.200. The van der Waals surface area contributed by atoms with Gasteiger partial charge < -0.3 is 10.6 Å². The molecule has 2 aromatic carbocycles. The number of benzene rings is 2. The fourth-order valence-electron chi connectivity index (χ4n) is 1.77. The fraction of sp³-hybridized carbons (Fsp3) is 0.143. The Balaban J connectivity index is 2.21. The van der Waals surface area contributed by atoms with E-state index in [1.165, 1.54) is 6.07 Å². The van der Waals surface area contributed by atoms with Crippen molar-refractivity contribution in [2.24, 2.45) is 0 Å². The van der Waals surface area contributed by atoms with Gasteiger partial charge in [-0.3, -0.25) is 0 Å². The molecular formula is C14H14BrFN2. The van der Waals surface area contributed by atoms with E-state index < -0.39 is 0 Å². The first-order valence-electron chi connectivity index (χ1n) is 5.57. The van der Waals surface area contributed by atoms with Gasteiger partial charge in [0.05, 0.1) is 0 Å². The molecular weight excluding hydrogens is 295 g/mol. The number of hydrogen-bond acceptors (Lipinski definition) is 2. The maximum absolute atomic E-state index is 13.7. The van der Waals surface area contributed by atoms with Crippen molar-refractivity contribution in [3.05, 3.63) is 58.3 Å². The molecule has 0 radical (unpaired) electrons. The number of nitrogen functional groups attached to an aromatic ring is 1. The smallest absolute Gasteiger partial charge is 0.128 e. The molecule has 94 valence electrons. The molecule has 0 spiro atoms. The SMILES string of the molecule is CN(Cc1cc(Br)ccc1F)c1cccc(N)c1. The molecule has 18 heavy (non-hydrogen) atoms. The minimum atomic E-state index is -0.200. The first-order chi connectivity index (χ1) is 8.56. The predicted molar refractivity (Wildman–Crippen MR) is 77.1 cm³/mol. The minimum absolute atomic E-state index is 0.200. The second kappa shape index (κ2) is 5.40. The third-order valence-corrected chi connectivity index (χ3v) is 3.22. The van der Waals surface area contributed by atoms with E-state index in [2.05, 4.69) is 15.9 Å². The third kappa shape index (κ3) is 3.01. The van der Waals surface area contributed by atoms with Crippen molar-refractivity contribution in [3.8, 4) is 0 Å². The summed E-state index contributed by atoms with van der Waals surface area (Å²) in [4.78, 5) is 1.96. The Hall–Kier alpha value is -1.55. The molecule has 0 saturated heterocycles. The number of rotatable bonds is 3. The molecule has 0 bridgehead atoms. The lowest BCUT2D eigenvalue weighted by molar-refractivity contribution is 0.607. The van der Waals surface area contributed by atoms with Gasteiger partial charge in [-0.2, -0.15) is 0 Å². The second-order valence-corrected chi connectivity index (χ2v) is 5.10. The van der Waals surface area contributed by atoms with Gasteiger partial charge in [-0.25, -0.2) is 4.39 Å². The van der Waals surface area contributed by atoms with E-state index in [4.69, 9.17) is 5.73 Å². The Morgan fingerprint density at radius 2 is 2.00 bits per heavy atom. The molecule has 0 atom stereocenters. The van der Waals surface area contributed by atoms with Crippen LogP contribution in [0.2, 0.25) is 0 Å². The zero-order chi connectivity index (χ0) is 13.1. The largest absolute Gasteiger partial charge is 0.399 e. The van der Waals surface area contributed by atoms with Crippen molar-refractivity contribution in [1.29, 1.82) is 0 Å². The van der Waals surface area contributed by atoms with E-state index in [1.54, 1.807) is 12.1 Å². The number of hydrogen-bond donors (Lipinski definition) is 1. The molecule has 2 nitrogen and oxygen atoms in total. The number of nitrogens with zero attached hydrogens (tertiary/aromatic N) is 1. The summed E-state index contributed by atoms with van der Waals surface area (Å²) >= 11 is 3.35. The summed E-state index contributed by atoms with van der Waals surface area (Å²) in [7, 11) is 1.91. The number of anilines is 2. The molecule has 0 aromatic heterocycles. The molecule has 2 rings (SSSR count). The van der Waals surface area contributed by atoms with Crippen LogP contribution < -0.4 is 10.6 Å². The molecule has 0 saturated carbocycles. The zero-order valence-electron chi connectivity index (χ0n) is 10.0. The maximum Gasteiger partial charge on any atom is 0.128 e. The normalized spacial score (nSPS) is 10.4. The maximum atomic E-state index is 13.7. The van der Waals surface area contributed by atoms with Gasteiger partial charge in [-0.1, -0.05) is 22.0 Å². The highest BCUT2D eigenvalue weighted by molar-refractivity contribution is 9.10. The first-order valence-corrected chi connectivity index (χ1v) is 6.36. The van der Waals surface area contributed by atoms with E-state index in [-0.39, 0.29) is 5.82 Å². The molecule has 0 fully saturated rings. The Morgan fingerprint density at radius 1 is 1.22 bits per heavy atom. The topological polar surface area (TPSA) is 29.3 Å². The van der Waals surface area contributed by atoms with Crippen molar-refractivity contribution in [2.75, 3.05) is 17.7 Å². The summed E-state index contributed by atoms with van der Waals surface area (Å²) in [6, 6.07) is 12.5.